The van der Waals surface area contributed by atoms with Crippen LogP contribution in [0.2, 0.25) is 0 Å². The molecule has 0 aromatic heterocycles. The van der Waals surface area contributed by atoms with Gasteiger partial charge in [0.15, 0.2) is 11.6 Å². The highest BCUT2D eigenvalue weighted by Crippen LogP contribution is 2.22. The fourth-order valence-corrected chi connectivity index (χ4v) is 1.23. The van der Waals surface area contributed by atoms with Gasteiger partial charge in [-0.15, -0.1) is 0 Å². The molecule has 1 amide bonds. The lowest BCUT2D eigenvalue weighted by atomic mass is 10.2. The van der Waals surface area contributed by atoms with Crippen LogP contribution >= 0.6 is 0 Å². The molecular formula is C11H12F3NO3. The molecule has 0 bridgehead atoms. The molecule has 2 N–H and O–H groups in total. The maximum atomic E-state index is 13.3. The van der Waals surface area contributed by atoms with Crippen LogP contribution in [0.1, 0.15) is 12.8 Å². The van der Waals surface area contributed by atoms with Crippen molar-refractivity contribution in [1.29, 1.82) is 0 Å². The third-order valence-electron chi connectivity index (χ3n) is 1.99. The molecular weight excluding hydrogens is 251 g/mol. The first-order valence-electron chi connectivity index (χ1n) is 5.18. The Kier molecular flexibility index (Phi) is 5.44. The Morgan fingerprint density at radius 2 is 2.17 bits per heavy atom. The van der Waals surface area contributed by atoms with Crippen LogP contribution in [-0.2, 0) is 4.79 Å². The number of aliphatic hydroxyl groups excluding tert-OH is 1. The molecule has 0 aliphatic heterocycles. The monoisotopic (exact) mass is 263 g/mol. The first-order chi connectivity index (χ1) is 8.52. The third kappa shape index (κ3) is 4.62. The number of aliphatic hydroxyl groups is 1. The van der Waals surface area contributed by atoms with Crippen molar-refractivity contribution in [2.45, 2.75) is 19.5 Å². The molecule has 7 heteroatoms. The van der Waals surface area contributed by atoms with Crippen LogP contribution in [0.15, 0.2) is 18.2 Å². The summed E-state index contributed by atoms with van der Waals surface area (Å²) in [5.41, 5.74) is 0.136. The van der Waals surface area contributed by atoms with E-state index in [0.29, 0.717) is 6.42 Å². The van der Waals surface area contributed by atoms with Gasteiger partial charge < -0.3 is 15.2 Å². The fourth-order valence-electron chi connectivity index (χ4n) is 1.23. The average Bonchev–Trinajstić information content (AvgIpc) is 2.29. The molecule has 0 saturated heterocycles. The van der Waals surface area contributed by atoms with Gasteiger partial charge in [0, 0.05) is 24.8 Å². The van der Waals surface area contributed by atoms with Crippen LogP contribution in [0.4, 0.5) is 18.9 Å². The molecule has 100 valence electrons. The van der Waals surface area contributed by atoms with E-state index >= 15 is 0 Å². The highest BCUT2D eigenvalue weighted by molar-refractivity contribution is 5.90. The van der Waals surface area contributed by atoms with Gasteiger partial charge in [-0.25, -0.2) is 4.39 Å². The van der Waals surface area contributed by atoms with E-state index in [1.807, 2.05) is 0 Å². The number of anilines is 1. The number of ether oxygens (including phenoxy) is 1. The van der Waals surface area contributed by atoms with Gasteiger partial charge in [-0.3, -0.25) is 4.79 Å². The molecule has 0 fully saturated rings. The minimum Gasteiger partial charge on any atom is -0.432 e. The Balaban J connectivity index is 2.63. The number of hydrogen-bond acceptors (Lipinski definition) is 3. The van der Waals surface area contributed by atoms with Crippen molar-refractivity contribution in [3.05, 3.63) is 24.0 Å². The molecule has 18 heavy (non-hydrogen) atoms. The first kappa shape index (κ1) is 14.3. The predicted octanol–water partition coefficient (Wildman–Crippen LogP) is 2.14. The number of benzene rings is 1. The lowest BCUT2D eigenvalue weighted by Crippen LogP contribution is -2.12. The van der Waals surface area contributed by atoms with E-state index in [9.17, 15) is 18.0 Å². The maximum Gasteiger partial charge on any atom is 0.387 e. The van der Waals surface area contributed by atoms with Gasteiger partial charge in [-0.1, -0.05) is 0 Å². The smallest absolute Gasteiger partial charge is 0.387 e. The van der Waals surface area contributed by atoms with Gasteiger partial charge in [-0.2, -0.15) is 8.78 Å². The summed E-state index contributed by atoms with van der Waals surface area (Å²) in [6.07, 6.45) is 0.383. The lowest BCUT2D eigenvalue weighted by molar-refractivity contribution is -0.116. The molecule has 0 spiro atoms. The normalized spacial score (nSPS) is 10.5. The van der Waals surface area contributed by atoms with Crippen molar-refractivity contribution in [2.75, 3.05) is 11.9 Å². The zero-order valence-corrected chi connectivity index (χ0v) is 9.33. The molecule has 0 radical (unpaired) electrons. The standard InChI is InChI=1S/C11H12F3NO3/c12-8-6-7(15-10(17)2-1-5-16)3-4-9(8)18-11(13)14/h3-4,6,11,16H,1-2,5H2,(H,15,17). The van der Waals surface area contributed by atoms with Crippen LogP contribution < -0.4 is 10.1 Å². The van der Waals surface area contributed by atoms with Gasteiger partial charge in [0.1, 0.15) is 0 Å². The number of alkyl halides is 2. The summed E-state index contributed by atoms with van der Waals surface area (Å²) in [5, 5.41) is 10.9. The highest BCUT2D eigenvalue weighted by atomic mass is 19.3. The van der Waals surface area contributed by atoms with Crippen molar-refractivity contribution < 1.29 is 27.8 Å². The number of carbonyl (C=O) groups excluding carboxylic acids is 1. The lowest BCUT2D eigenvalue weighted by Gasteiger charge is -2.08. The summed E-state index contributed by atoms with van der Waals surface area (Å²) in [4.78, 5) is 11.2. The summed E-state index contributed by atoms with van der Waals surface area (Å²) >= 11 is 0. The summed E-state index contributed by atoms with van der Waals surface area (Å²) in [6.45, 7) is -3.23. The highest BCUT2D eigenvalue weighted by Gasteiger charge is 2.11. The largest absolute Gasteiger partial charge is 0.432 e. The Hall–Kier alpha value is -1.76. The number of amides is 1. The molecule has 0 aliphatic rings. The molecule has 0 unspecified atom stereocenters. The summed E-state index contributed by atoms with van der Waals surface area (Å²) < 4.78 is 40.9. The second kappa shape index (κ2) is 6.85. The third-order valence-corrected chi connectivity index (χ3v) is 1.99. The van der Waals surface area contributed by atoms with Crippen LogP contribution in [0.5, 0.6) is 5.75 Å². The Labute approximate surface area is 101 Å². The minimum absolute atomic E-state index is 0.0907. The maximum absolute atomic E-state index is 13.3. The summed E-state index contributed by atoms with van der Waals surface area (Å²) in [7, 11) is 0. The number of rotatable bonds is 6. The Bertz CT molecular complexity index is 413. The molecule has 1 aromatic rings. The molecule has 0 aliphatic carbocycles. The number of carbonyl (C=O) groups is 1. The van der Waals surface area contributed by atoms with E-state index in [0.717, 1.165) is 12.1 Å². The number of nitrogens with one attached hydrogen (secondary N) is 1. The Morgan fingerprint density at radius 1 is 1.44 bits per heavy atom. The van der Waals surface area contributed by atoms with Crippen LogP contribution in [0.25, 0.3) is 0 Å². The predicted molar refractivity (Wildman–Crippen MR) is 58.0 cm³/mol. The number of halogens is 3. The van der Waals surface area contributed by atoms with Gasteiger partial charge in [0.25, 0.3) is 0 Å². The first-order valence-corrected chi connectivity index (χ1v) is 5.18. The summed E-state index contributed by atoms with van der Waals surface area (Å²) in [5.74, 6) is -1.97. The molecule has 0 saturated carbocycles. The van der Waals surface area contributed by atoms with Crippen molar-refractivity contribution >= 4 is 11.6 Å². The van der Waals surface area contributed by atoms with Crippen LogP contribution in [0.3, 0.4) is 0 Å². The minimum atomic E-state index is -3.11. The van der Waals surface area contributed by atoms with Crippen molar-refractivity contribution in [3.8, 4) is 5.75 Å². The second-order valence-electron chi connectivity index (χ2n) is 3.40. The fraction of sp³-hybridized carbons (Fsp3) is 0.364. The van der Waals surface area contributed by atoms with E-state index in [1.165, 1.54) is 6.07 Å². The Morgan fingerprint density at radius 3 is 2.72 bits per heavy atom. The van der Waals surface area contributed by atoms with E-state index < -0.39 is 24.1 Å². The second-order valence-corrected chi connectivity index (χ2v) is 3.40. The molecule has 0 atom stereocenters. The van der Waals surface area contributed by atoms with Crippen LogP contribution in [-0.4, -0.2) is 24.2 Å². The molecule has 1 aromatic carbocycles. The van der Waals surface area contributed by atoms with Crippen molar-refractivity contribution in [1.82, 2.24) is 0 Å². The molecule has 0 heterocycles. The van der Waals surface area contributed by atoms with E-state index in [1.54, 1.807) is 0 Å². The van der Waals surface area contributed by atoms with Gasteiger partial charge in [0.05, 0.1) is 0 Å². The quantitative estimate of drug-likeness (QED) is 0.826. The molecule has 1 rings (SSSR count). The topological polar surface area (TPSA) is 58.6 Å². The zero-order chi connectivity index (χ0) is 13.5. The van der Waals surface area contributed by atoms with Crippen molar-refractivity contribution in [2.24, 2.45) is 0 Å². The van der Waals surface area contributed by atoms with E-state index in [4.69, 9.17) is 5.11 Å². The average molecular weight is 263 g/mol. The van der Waals surface area contributed by atoms with Crippen molar-refractivity contribution in [3.63, 3.8) is 0 Å². The van der Waals surface area contributed by atoms with Gasteiger partial charge >= 0.3 is 6.61 Å². The number of hydrogen-bond donors (Lipinski definition) is 2. The van der Waals surface area contributed by atoms with Gasteiger partial charge in [0.2, 0.25) is 5.91 Å². The SMILES string of the molecule is O=C(CCCO)Nc1ccc(OC(F)F)c(F)c1. The van der Waals surface area contributed by atoms with E-state index in [2.05, 4.69) is 10.1 Å². The summed E-state index contributed by atoms with van der Waals surface area (Å²) in [6, 6.07) is 3.13. The molecule has 4 nitrogen and oxygen atoms in total. The van der Waals surface area contributed by atoms with Crippen LogP contribution in [0, 0.1) is 5.82 Å². The van der Waals surface area contributed by atoms with Gasteiger partial charge in [-0.05, 0) is 18.6 Å². The van der Waals surface area contributed by atoms with E-state index in [-0.39, 0.29) is 18.7 Å². The zero-order valence-electron chi connectivity index (χ0n) is 9.33.